The van der Waals surface area contributed by atoms with E-state index >= 15 is 0 Å². The Balaban J connectivity index is 2.37. The fraction of sp³-hybridized carbons (Fsp3) is 0.467. The second kappa shape index (κ2) is 5.56. The molecule has 0 saturated carbocycles. The molecular formula is C15H18BrNO3. The van der Waals surface area contributed by atoms with Gasteiger partial charge in [-0.3, -0.25) is 4.79 Å². The first-order valence-electron chi connectivity index (χ1n) is 6.63. The molecule has 5 heteroatoms. The Morgan fingerprint density at radius 3 is 2.60 bits per heavy atom. The quantitative estimate of drug-likeness (QED) is 0.900. The largest absolute Gasteiger partial charge is 0.480 e. The highest BCUT2D eigenvalue weighted by atomic mass is 79.9. The molecule has 1 unspecified atom stereocenters. The molecule has 4 nitrogen and oxygen atoms in total. The number of piperidine rings is 1. The predicted molar refractivity (Wildman–Crippen MR) is 79.6 cm³/mol. The zero-order valence-corrected chi connectivity index (χ0v) is 13.2. The highest BCUT2D eigenvalue weighted by Gasteiger charge is 2.44. The number of amides is 1. The third kappa shape index (κ3) is 2.73. The molecule has 0 spiro atoms. The average molecular weight is 340 g/mol. The number of carbonyl (C=O) groups excluding carboxylic acids is 1. The van der Waals surface area contributed by atoms with Gasteiger partial charge in [-0.2, -0.15) is 0 Å². The Morgan fingerprint density at radius 1 is 1.35 bits per heavy atom. The minimum absolute atomic E-state index is 0.224. The van der Waals surface area contributed by atoms with Gasteiger partial charge in [-0.25, -0.2) is 4.79 Å². The van der Waals surface area contributed by atoms with E-state index in [9.17, 15) is 14.7 Å². The lowest BCUT2D eigenvalue weighted by molar-refractivity contribution is -0.148. The van der Waals surface area contributed by atoms with E-state index in [1.54, 1.807) is 18.2 Å². The zero-order valence-electron chi connectivity index (χ0n) is 11.6. The van der Waals surface area contributed by atoms with Gasteiger partial charge in [0.1, 0.15) is 6.04 Å². The molecule has 0 bridgehead atoms. The Hall–Kier alpha value is -1.36. The van der Waals surface area contributed by atoms with Gasteiger partial charge in [-0.05, 0) is 46.3 Å². The van der Waals surface area contributed by atoms with Gasteiger partial charge in [-0.1, -0.05) is 26.0 Å². The van der Waals surface area contributed by atoms with E-state index in [4.69, 9.17) is 0 Å². The van der Waals surface area contributed by atoms with E-state index in [0.717, 1.165) is 12.8 Å². The topological polar surface area (TPSA) is 57.6 Å². The van der Waals surface area contributed by atoms with Crippen LogP contribution in [0.2, 0.25) is 0 Å². The van der Waals surface area contributed by atoms with Crippen molar-refractivity contribution in [1.82, 2.24) is 4.90 Å². The molecule has 1 N–H and O–H groups in total. The number of carboxylic acid groups (broad SMARTS) is 1. The van der Waals surface area contributed by atoms with Gasteiger partial charge in [0.25, 0.3) is 5.91 Å². The van der Waals surface area contributed by atoms with Gasteiger partial charge < -0.3 is 10.0 Å². The molecule has 2 rings (SSSR count). The highest BCUT2D eigenvalue weighted by Crippen LogP contribution is 2.36. The fourth-order valence-corrected chi connectivity index (χ4v) is 3.32. The third-order valence-corrected chi connectivity index (χ3v) is 4.56. The maximum absolute atomic E-state index is 12.7. The number of hydrogen-bond donors (Lipinski definition) is 1. The molecule has 1 aliphatic heterocycles. The van der Waals surface area contributed by atoms with Crippen LogP contribution in [0.25, 0.3) is 0 Å². The lowest BCUT2D eigenvalue weighted by Crippen LogP contribution is -2.56. The van der Waals surface area contributed by atoms with Gasteiger partial charge in [0.05, 0.1) is 5.56 Å². The number of aliphatic carboxylic acids is 1. The molecule has 1 fully saturated rings. The van der Waals surface area contributed by atoms with Crippen molar-refractivity contribution in [2.24, 2.45) is 5.41 Å². The van der Waals surface area contributed by atoms with Crippen molar-refractivity contribution in [2.45, 2.75) is 32.7 Å². The maximum atomic E-state index is 12.7. The maximum Gasteiger partial charge on any atom is 0.326 e. The second-order valence-corrected chi connectivity index (χ2v) is 6.67. The number of halogens is 1. The van der Waals surface area contributed by atoms with Crippen LogP contribution in [0.3, 0.4) is 0 Å². The van der Waals surface area contributed by atoms with Crippen molar-refractivity contribution in [3.05, 3.63) is 34.3 Å². The summed E-state index contributed by atoms with van der Waals surface area (Å²) < 4.78 is 0.692. The molecule has 1 aliphatic rings. The zero-order chi connectivity index (χ0) is 14.9. The molecule has 0 aromatic heterocycles. The normalized spacial score (nSPS) is 21.6. The average Bonchev–Trinajstić information content (AvgIpc) is 2.36. The summed E-state index contributed by atoms with van der Waals surface area (Å²) in [6.45, 7) is 4.30. The van der Waals surface area contributed by atoms with Crippen LogP contribution >= 0.6 is 15.9 Å². The third-order valence-electron chi connectivity index (χ3n) is 3.87. The minimum atomic E-state index is -0.935. The van der Waals surface area contributed by atoms with Crippen molar-refractivity contribution >= 4 is 27.8 Å². The molecule has 20 heavy (non-hydrogen) atoms. The summed E-state index contributed by atoms with van der Waals surface area (Å²) in [6.07, 6.45) is 1.64. The summed E-state index contributed by atoms with van der Waals surface area (Å²) in [5, 5.41) is 9.50. The number of nitrogens with zero attached hydrogens (tertiary/aromatic N) is 1. The van der Waals surface area contributed by atoms with Crippen LogP contribution in [-0.2, 0) is 4.79 Å². The molecule has 0 aliphatic carbocycles. The predicted octanol–water partition coefficient (Wildman–Crippen LogP) is 3.16. The number of likely N-dealkylation sites (tertiary alicyclic amines) is 1. The number of carbonyl (C=O) groups is 2. The summed E-state index contributed by atoms with van der Waals surface area (Å²) >= 11 is 3.35. The van der Waals surface area contributed by atoms with Crippen LogP contribution in [0.5, 0.6) is 0 Å². The monoisotopic (exact) mass is 339 g/mol. The second-order valence-electron chi connectivity index (χ2n) is 5.81. The van der Waals surface area contributed by atoms with E-state index in [1.807, 2.05) is 19.9 Å². The molecule has 1 saturated heterocycles. The van der Waals surface area contributed by atoms with Crippen LogP contribution in [0, 0.1) is 5.41 Å². The number of carboxylic acids is 1. The summed E-state index contributed by atoms with van der Waals surface area (Å²) in [4.78, 5) is 25.7. The molecule has 108 valence electrons. The molecular weight excluding hydrogens is 322 g/mol. The van der Waals surface area contributed by atoms with Crippen LogP contribution in [-0.4, -0.2) is 34.5 Å². The lowest BCUT2D eigenvalue weighted by Gasteiger charge is -2.44. The highest BCUT2D eigenvalue weighted by molar-refractivity contribution is 9.10. The Labute approximate surface area is 126 Å². The molecule has 1 amide bonds. The van der Waals surface area contributed by atoms with Gasteiger partial charge >= 0.3 is 5.97 Å². The summed E-state index contributed by atoms with van der Waals surface area (Å²) in [6, 6.07) is 6.33. The lowest BCUT2D eigenvalue weighted by atomic mass is 9.76. The smallest absolute Gasteiger partial charge is 0.326 e. The molecule has 1 atom stereocenters. The summed E-state index contributed by atoms with van der Waals surface area (Å²) in [5.41, 5.74) is 0.0949. The Morgan fingerprint density at radius 2 is 2.00 bits per heavy atom. The van der Waals surface area contributed by atoms with E-state index in [2.05, 4.69) is 15.9 Å². The van der Waals surface area contributed by atoms with Crippen molar-refractivity contribution in [1.29, 1.82) is 0 Å². The first kappa shape index (κ1) is 15.0. The van der Waals surface area contributed by atoms with Crippen LogP contribution in [0.4, 0.5) is 0 Å². The minimum Gasteiger partial charge on any atom is -0.480 e. The van der Waals surface area contributed by atoms with E-state index < -0.39 is 17.4 Å². The van der Waals surface area contributed by atoms with Crippen LogP contribution in [0.1, 0.15) is 37.0 Å². The fourth-order valence-electron chi connectivity index (χ4n) is 2.87. The first-order chi connectivity index (χ1) is 9.34. The summed E-state index contributed by atoms with van der Waals surface area (Å²) in [7, 11) is 0. The van der Waals surface area contributed by atoms with Gasteiger partial charge in [0, 0.05) is 11.0 Å². The van der Waals surface area contributed by atoms with Crippen LogP contribution in [0.15, 0.2) is 28.7 Å². The van der Waals surface area contributed by atoms with Gasteiger partial charge in [-0.15, -0.1) is 0 Å². The molecule has 1 aromatic carbocycles. The van der Waals surface area contributed by atoms with E-state index in [-0.39, 0.29) is 5.91 Å². The van der Waals surface area contributed by atoms with Gasteiger partial charge in [0.2, 0.25) is 0 Å². The standard InChI is InChI=1S/C15H18BrNO3/c1-15(2)8-5-9-17(12(15)14(19)20)13(18)10-6-3-4-7-11(10)16/h3-4,6-7,12H,5,8-9H2,1-2H3,(H,19,20). The van der Waals surface area contributed by atoms with E-state index in [0.29, 0.717) is 16.6 Å². The van der Waals surface area contributed by atoms with Gasteiger partial charge in [0.15, 0.2) is 0 Å². The number of hydrogen-bond acceptors (Lipinski definition) is 2. The van der Waals surface area contributed by atoms with Crippen LogP contribution < -0.4 is 0 Å². The number of rotatable bonds is 2. The molecule has 1 aromatic rings. The Bertz CT molecular complexity index is 542. The van der Waals surface area contributed by atoms with Crippen molar-refractivity contribution in [3.8, 4) is 0 Å². The first-order valence-corrected chi connectivity index (χ1v) is 7.42. The summed E-state index contributed by atoms with van der Waals surface area (Å²) in [5.74, 6) is -1.16. The SMILES string of the molecule is CC1(C)CCCN(C(=O)c2ccccc2Br)C1C(=O)O. The van der Waals surface area contributed by atoms with Crippen molar-refractivity contribution < 1.29 is 14.7 Å². The molecule has 0 radical (unpaired) electrons. The van der Waals surface area contributed by atoms with E-state index in [1.165, 1.54) is 4.90 Å². The van der Waals surface area contributed by atoms with Crippen molar-refractivity contribution in [2.75, 3.05) is 6.54 Å². The molecule has 1 heterocycles. The van der Waals surface area contributed by atoms with Crippen molar-refractivity contribution in [3.63, 3.8) is 0 Å². The number of benzene rings is 1. The Kier molecular flexibility index (Phi) is 4.18.